The predicted molar refractivity (Wildman–Crippen MR) is 111 cm³/mol. The van der Waals surface area contributed by atoms with Gasteiger partial charge in [0, 0.05) is 7.11 Å². The maximum atomic E-state index is 6.46. The Morgan fingerprint density at radius 3 is 2.16 bits per heavy atom. The number of rotatable bonds is 9. The molecule has 0 N–H and O–H groups in total. The van der Waals surface area contributed by atoms with E-state index in [2.05, 4.69) is 25.1 Å². The lowest BCUT2D eigenvalue weighted by Gasteiger charge is -2.39. The summed E-state index contributed by atoms with van der Waals surface area (Å²) in [4.78, 5) is 0. The summed E-state index contributed by atoms with van der Waals surface area (Å²) in [6.07, 6.45) is 7.77. The van der Waals surface area contributed by atoms with Crippen LogP contribution >= 0.6 is 34.8 Å². The van der Waals surface area contributed by atoms with Crippen LogP contribution in [0.15, 0.2) is 42.5 Å². The maximum Gasteiger partial charge on any atom is 0.223 e. The van der Waals surface area contributed by atoms with Crippen LogP contribution in [-0.2, 0) is 10.3 Å². The monoisotopic (exact) mass is 400 g/mol. The summed E-state index contributed by atoms with van der Waals surface area (Å²) in [6.45, 7) is 2.22. The molecule has 1 atom stereocenters. The normalized spacial score (nSPS) is 14.6. The van der Waals surface area contributed by atoms with E-state index in [9.17, 15) is 0 Å². The van der Waals surface area contributed by atoms with Gasteiger partial charge in [0.15, 0.2) is 0 Å². The summed E-state index contributed by atoms with van der Waals surface area (Å²) >= 11 is 19.4. The first-order valence-corrected chi connectivity index (χ1v) is 10.2. The molecule has 0 aliphatic carbocycles. The fourth-order valence-electron chi connectivity index (χ4n) is 3.49. The van der Waals surface area contributed by atoms with Gasteiger partial charge in [-0.3, -0.25) is 0 Å². The van der Waals surface area contributed by atoms with E-state index < -0.39 is 9.39 Å². The molecule has 0 saturated heterocycles. The lowest BCUT2D eigenvalue weighted by atomic mass is 9.85. The quantitative estimate of drug-likeness (QED) is 0.307. The van der Waals surface area contributed by atoms with Crippen molar-refractivity contribution in [3.63, 3.8) is 0 Å². The van der Waals surface area contributed by atoms with Gasteiger partial charge in [0.05, 0.1) is 0 Å². The van der Waals surface area contributed by atoms with Gasteiger partial charge in [-0.25, -0.2) is 0 Å². The first-order valence-electron chi connectivity index (χ1n) is 9.06. The second kappa shape index (κ2) is 9.46. The third-order valence-electron chi connectivity index (χ3n) is 4.91. The Kier molecular flexibility index (Phi) is 7.89. The summed E-state index contributed by atoms with van der Waals surface area (Å²) in [6, 6.07) is 14.3. The molecule has 0 radical (unpaired) electrons. The minimum Gasteiger partial charge on any atom is -0.369 e. The largest absolute Gasteiger partial charge is 0.369 e. The Balaban J connectivity index is 2.32. The Hall–Kier alpha value is -0.470. The number of alkyl halides is 3. The van der Waals surface area contributed by atoms with Crippen molar-refractivity contribution < 1.29 is 4.74 Å². The van der Waals surface area contributed by atoms with Gasteiger partial charge in [0.2, 0.25) is 3.79 Å². The van der Waals surface area contributed by atoms with E-state index in [0.717, 1.165) is 29.2 Å². The molecule has 0 heterocycles. The van der Waals surface area contributed by atoms with Crippen LogP contribution in [0.4, 0.5) is 0 Å². The van der Waals surface area contributed by atoms with Crippen LogP contribution in [0.2, 0.25) is 0 Å². The van der Waals surface area contributed by atoms with E-state index in [1.54, 1.807) is 7.11 Å². The first kappa shape index (κ1) is 20.8. The average molecular weight is 402 g/mol. The highest BCUT2D eigenvalue weighted by molar-refractivity contribution is 6.68. The number of ether oxygens (including phenoxy) is 1. The average Bonchev–Trinajstić information content (AvgIpc) is 2.60. The van der Waals surface area contributed by atoms with Crippen LogP contribution < -0.4 is 0 Å². The van der Waals surface area contributed by atoms with Crippen molar-refractivity contribution in [2.75, 3.05) is 7.11 Å². The fraction of sp³-hybridized carbons (Fsp3) is 0.524. The maximum absolute atomic E-state index is 6.46. The van der Waals surface area contributed by atoms with Crippen molar-refractivity contribution in [2.24, 2.45) is 0 Å². The van der Waals surface area contributed by atoms with Crippen LogP contribution in [0.25, 0.3) is 10.8 Å². The summed E-state index contributed by atoms with van der Waals surface area (Å²) in [7, 11) is 1.64. The van der Waals surface area contributed by atoms with Gasteiger partial charge >= 0.3 is 0 Å². The highest BCUT2D eigenvalue weighted by Gasteiger charge is 2.50. The molecule has 2 aromatic carbocycles. The molecule has 2 rings (SSSR count). The molecule has 1 nitrogen and oxygen atoms in total. The fourth-order valence-corrected chi connectivity index (χ4v) is 4.31. The number of benzene rings is 2. The van der Waals surface area contributed by atoms with Crippen molar-refractivity contribution >= 4 is 45.6 Å². The van der Waals surface area contributed by atoms with Gasteiger partial charge < -0.3 is 4.74 Å². The molecule has 0 aliphatic rings. The van der Waals surface area contributed by atoms with Gasteiger partial charge in [-0.2, -0.15) is 0 Å². The molecule has 0 bridgehead atoms. The number of hydrogen-bond donors (Lipinski definition) is 0. The molecular formula is C21H27Cl3O. The van der Waals surface area contributed by atoms with Gasteiger partial charge in [-0.15, -0.1) is 0 Å². The minimum atomic E-state index is -1.55. The smallest absolute Gasteiger partial charge is 0.223 e. The molecule has 25 heavy (non-hydrogen) atoms. The second-order valence-electron chi connectivity index (χ2n) is 6.57. The summed E-state index contributed by atoms with van der Waals surface area (Å²) in [5, 5.41) is 2.20. The third-order valence-corrected chi connectivity index (χ3v) is 5.83. The SMILES string of the molecule is CCCCCCCCC(OC)(c1cccc2ccccc12)C(Cl)(Cl)Cl. The number of fused-ring (bicyclic) bond motifs is 1. The lowest BCUT2D eigenvalue weighted by Crippen LogP contribution is -2.42. The van der Waals surface area contributed by atoms with Crippen LogP contribution in [0.1, 0.15) is 57.4 Å². The number of halogens is 3. The highest BCUT2D eigenvalue weighted by Crippen LogP contribution is 2.52. The summed E-state index contributed by atoms with van der Waals surface area (Å²) in [5.41, 5.74) is -0.00909. The summed E-state index contributed by atoms with van der Waals surface area (Å²) < 4.78 is 4.38. The molecule has 0 saturated carbocycles. The van der Waals surface area contributed by atoms with Gasteiger partial charge in [0.1, 0.15) is 5.60 Å². The van der Waals surface area contributed by atoms with Crippen molar-refractivity contribution in [1.29, 1.82) is 0 Å². The standard InChI is InChI=1S/C21H27Cl3O/c1-3-4-5-6-7-10-16-20(25-2,21(22,23)24)19-15-11-13-17-12-8-9-14-18(17)19/h8-9,11-15H,3-7,10,16H2,1-2H3. The summed E-state index contributed by atoms with van der Waals surface area (Å²) in [5.74, 6) is 0. The Morgan fingerprint density at radius 2 is 1.48 bits per heavy atom. The Morgan fingerprint density at radius 1 is 0.840 bits per heavy atom. The van der Waals surface area contributed by atoms with Crippen LogP contribution in [0, 0.1) is 0 Å². The van der Waals surface area contributed by atoms with Gasteiger partial charge in [0.25, 0.3) is 0 Å². The third kappa shape index (κ3) is 4.83. The van der Waals surface area contributed by atoms with E-state index in [4.69, 9.17) is 39.5 Å². The Labute approximate surface area is 166 Å². The molecule has 1 unspecified atom stereocenters. The zero-order valence-corrected chi connectivity index (χ0v) is 17.3. The topological polar surface area (TPSA) is 9.23 Å². The van der Waals surface area contributed by atoms with E-state index in [1.165, 1.54) is 25.7 Å². The Bertz CT molecular complexity index is 660. The van der Waals surface area contributed by atoms with Crippen molar-refractivity contribution in [3.05, 3.63) is 48.0 Å². The second-order valence-corrected chi connectivity index (χ2v) is 8.85. The molecule has 0 aliphatic heterocycles. The lowest BCUT2D eigenvalue weighted by molar-refractivity contribution is -0.0200. The number of hydrogen-bond acceptors (Lipinski definition) is 1. The number of unbranched alkanes of at least 4 members (excludes halogenated alkanes) is 5. The zero-order chi connectivity index (χ0) is 18.3. The molecule has 2 aromatic rings. The van der Waals surface area contributed by atoms with Crippen LogP contribution in [-0.4, -0.2) is 10.9 Å². The molecule has 0 fully saturated rings. The van der Waals surface area contributed by atoms with E-state index in [0.29, 0.717) is 6.42 Å². The van der Waals surface area contributed by atoms with E-state index >= 15 is 0 Å². The number of methoxy groups -OCH3 is 1. The molecule has 0 aromatic heterocycles. The van der Waals surface area contributed by atoms with E-state index in [1.807, 2.05) is 24.3 Å². The molecule has 0 amide bonds. The predicted octanol–water partition coefficient (Wildman–Crippen LogP) is 7.80. The highest BCUT2D eigenvalue weighted by atomic mass is 35.6. The minimum absolute atomic E-state index is 0.681. The zero-order valence-electron chi connectivity index (χ0n) is 15.0. The van der Waals surface area contributed by atoms with Crippen molar-refractivity contribution in [2.45, 2.75) is 61.3 Å². The molecule has 0 spiro atoms. The first-order chi connectivity index (χ1) is 12.0. The van der Waals surface area contributed by atoms with Gasteiger partial charge in [-0.1, -0.05) is 123 Å². The van der Waals surface area contributed by atoms with Crippen molar-refractivity contribution in [1.82, 2.24) is 0 Å². The van der Waals surface area contributed by atoms with Gasteiger partial charge in [-0.05, 0) is 22.8 Å². The van der Waals surface area contributed by atoms with Crippen LogP contribution in [0.3, 0.4) is 0 Å². The molecule has 4 heteroatoms. The molecular weight excluding hydrogens is 375 g/mol. The molecule has 138 valence electrons. The van der Waals surface area contributed by atoms with E-state index in [-0.39, 0.29) is 0 Å². The van der Waals surface area contributed by atoms with Crippen LogP contribution in [0.5, 0.6) is 0 Å². The van der Waals surface area contributed by atoms with Crippen molar-refractivity contribution in [3.8, 4) is 0 Å².